The molecule has 2 N–H and O–H groups in total. The van der Waals surface area contributed by atoms with Gasteiger partial charge in [0.2, 0.25) is 21.8 Å². The molecule has 1 aromatic carbocycles. The summed E-state index contributed by atoms with van der Waals surface area (Å²) in [6.45, 7) is 2.17. The Morgan fingerprint density at radius 2 is 1.92 bits per heavy atom. The van der Waals surface area contributed by atoms with Crippen LogP contribution in [0.1, 0.15) is 30.1 Å². The fourth-order valence-electron chi connectivity index (χ4n) is 2.31. The van der Waals surface area contributed by atoms with Crippen LogP contribution in [0.2, 0.25) is 5.02 Å². The molecule has 1 saturated heterocycles. The van der Waals surface area contributed by atoms with Gasteiger partial charge in [-0.1, -0.05) is 11.6 Å². The number of anilines is 1. The molecule has 0 radical (unpaired) electrons. The standard InChI is InChI=1S/C15H18ClN3O5S/c1-10(20)17-6-2-7-18-15(22)11-3-4-12(16)13(9-11)19-14(21)5-8-25(19,23)24/h3-4,9H,2,5-8H2,1H3,(H,17,20)(H,18,22). The van der Waals surface area contributed by atoms with Gasteiger partial charge in [0.05, 0.1) is 16.5 Å². The zero-order valence-corrected chi connectivity index (χ0v) is 15.1. The zero-order chi connectivity index (χ0) is 18.6. The average Bonchev–Trinajstić information content (AvgIpc) is 2.80. The Hall–Kier alpha value is -2.13. The molecule has 10 heteroatoms. The number of sulfonamides is 1. The minimum Gasteiger partial charge on any atom is -0.356 e. The third-order valence-electron chi connectivity index (χ3n) is 3.52. The van der Waals surface area contributed by atoms with Gasteiger partial charge >= 0.3 is 0 Å². The first-order valence-corrected chi connectivity index (χ1v) is 9.59. The van der Waals surface area contributed by atoms with Crippen molar-refractivity contribution < 1.29 is 22.8 Å². The number of hydrogen-bond acceptors (Lipinski definition) is 5. The minimum atomic E-state index is -3.76. The second-order valence-corrected chi connectivity index (χ2v) is 7.83. The highest BCUT2D eigenvalue weighted by atomic mass is 35.5. The largest absolute Gasteiger partial charge is 0.356 e. The van der Waals surface area contributed by atoms with Crippen LogP contribution in [0.25, 0.3) is 0 Å². The molecule has 0 unspecified atom stereocenters. The zero-order valence-electron chi connectivity index (χ0n) is 13.5. The van der Waals surface area contributed by atoms with Gasteiger partial charge in [-0.05, 0) is 24.6 Å². The predicted octanol–water partition coefficient (Wildman–Crippen LogP) is 0.662. The van der Waals surface area contributed by atoms with E-state index < -0.39 is 21.8 Å². The fraction of sp³-hybridized carbons (Fsp3) is 0.400. The van der Waals surface area contributed by atoms with E-state index in [2.05, 4.69) is 10.6 Å². The van der Waals surface area contributed by atoms with E-state index in [1.807, 2.05) is 0 Å². The molecule has 8 nitrogen and oxygen atoms in total. The van der Waals surface area contributed by atoms with Gasteiger partial charge in [0.15, 0.2) is 0 Å². The van der Waals surface area contributed by atoms with Gasteiger partial charge in [0.1, 0.15) is 0 Å². The molecule has 25 heavy (non-hydrogen) atoms. The van der Waals surface area contributed by atoms with E-state index in [1.165, 1.54) is 25.1 Å². The van der Waals surface area contributed by atoms with Crippen LogP contribution in [-0.4, -0.2) is 45.0 Å². The second kappa shape index (κ2) is 7.83. The summed E-state index contributed by atoms with van der Waals surface area (Å²) < 4.78 is 24.7. The number of hydrogen-bond donors (Lipinski definition) is 2. The van der Waals surface area contributed by atoms with Gasteiger partial charge in [-0.3, -0.25) is 14.4 Å². The molecule has 0 aliphatic carbocycles. The number of carbonyl (C=O) groups is 3. The summed E-state index contributed by atoms with van der Waals surface area (Å²) in [5.74, 6) is -1.42. The van der Waals surface area contributed by atoms with Gasteiger partial charge in [0, 0.05) is 32.0 Å². The van der Waals surface area contributed by atoms with E-state index in [1.54, 1.807) is 0 Å². The lowest BCUT2D eigenvalue weighted by molar-refractivity contribution is -0.119. The normalized spacial score (nSPS) is 15.9. The monoisotopic (exact) mass is 387 g/mol. The van der Waals surface area contributed by atoms with E-state index in [0.717, 1.165) is 0 Å². The number of nitrogens with zero attached hydrogens (tertiary/aromatic N) is 1. The van der Waals surface area contributed by atoms with E-state index >= 15 is 0 Å². The maximum atomic E-state index is 12.2. The molecule has 1 heterocycles. The Balaban J connectivity index is 2.09. The van der Waals surface area contributed by atoms with Crippen molar-refractivity contribution in [3.8, 4) is 0 Å². The lowest BCUT2D eigenvalue weighted by Gasteiger charge is -2.17. The fourth-order valence-corrected chi connectivity index (χ4v) is 4.03. The van der Waals surface area contributed by atoms with Crippen LogP contribution < -0.4 is 14.9 Å². The van der Waals surface area contributed by atoms with Crippen LogP contribution in [0.15, 0.2) is 18.2 Å². The molecule has 136 valence electrons. The molecular formula is C15H18ClN3O5S. The van der Waals surface area contributed by atoms with Crippen molar-refractivity contribution in [2.75, 3.05) is 23.1 Å². The van der Waals surface area contributed by atoms with E-state index in [0.29, 0.717) is 23.8 Å². The topological polar surface area (TPSA) is 113 Å². The minimum absolute atomic E-state index is 0.0185. The highest BCUT2D eigenvalue weighted by Crippen LogP contribution is 2.32. The first-order chi connectivity index (χ1) is 11.7. The summed E-state index contributed by atoms with van der Waals surface area (Å²) in [7, 11) is -3.76. The highest BCUT2D eigenvalue weighted by molar-refractivity contribution is 7.94. The van der Waals surface area contributed by atoms with Crippen molar-refractivity contribution in [2.24, 2.45) is 0 Å². The molecule has 3 amide bonds. The van der Waals surface area contributed by atoms with E-state index in [-0.39, 0.29) is 34.4 Å². The van der Waals surface area contributed by atoms with E-state index in [9.17, 15) is 22.8 Å². The van der Waals surface area contributed by atoms with Crippen molar-refractivity contribution >= 4 is 45.0 Å². The molecule has 1 aromatic rings. The Labute approximate surface area is 150 Å². The smallest absolute Gasteiger partial charge is 0.251 e. The summed E-state index contributed by atoms with van der Waals surface area (Å²) in [6.07, 6.45) is 0.434. The third kappa shape index (κ3) is 4.70. The third-order valence-corrected chi connectivity index (χ3v) is 5.52. The maximum absolute atomic E-state index is 12.2. The Morgan fingerprint density at radius 1 is 1.24 bits per heavy atom. The Bertz CT molecular complexity index is 809. The molecule has 1 aliphatic heterocycles. The van der Waals surface area contributed by atoms with Gasteiger partial charge in [-0.2, -0.15) is 0 Å². The van der Waals surface area contributed by atoms with Crippen LogP contribution in [0.5, 0.6) is 0 Å². The summed E-state index contributed by atoms with van der Waals surface area (Å²) in [6, 6.07) is 4.11. The molecule has 0 saturated carbocycles. The number of amides is 3. The first-order valence-electron chi connectivity index (χ1n) is 7.60. The molecule has 1 fully saturated rings. The molecular weight excluding hydrogens is 370 g/mol. The van der Waals surface area contributed by atoms with Crippen LogP contribution in [-0.2, 0) is 19.6 Å². The summed E-state index contributed by atoms with van der Waals surface area (Å²) in [4.78, 5) is 34.8. The second-order valence-electron chi connectivity index (χ2n) is 5.48. The van der Waals surface area contributed by atoms with Crippen LogP contribution in [0.4, 0.5) is 5.69 Å². The molecule has 0 spiro atoms. The molecule has 1 aliphatic rings. The van der Waals surface area contributed by atoms with Crippen molar-refractivity contribution in [1.29, 1.82) is 0 Å². The number of carbonyl (C=O) groups excluding carboxylic acids is 3. The predicted molar refractivity (Wildman–Crippen MR) is 93.0 cm³/mol. The Kier molecular flexibility index (Phi) is 6.02. The molecule has 0 aromatic heterocycles. The summed E-state index contributed by atoms with van der Waals surface area (Å²) >= 11 is 6.02. The van der Waals surface area contributed by atoms with Gasteiger partial charge in [-0.15, -0.1) is 0 Å². The molecule has 2 rings (SSSR count). The van der Waals surface area contributed by atoms with Gasteiger partial charge in [0.25, 0.3) is 5.91 Å². The SMILES string of the molecule is CC(=O)NCCCNC(=O)c1ccc(Cl)c(N2C(=O)CCS2(=O)=O)c1. The van der Waals surface area contributed by atoms with Crippen LogP contribution >= 0.6 is 11.6 Å². The van der Waals surface area contributed by atoms with Crippen molar-refractivity contribution in [3.63, 3.8) is 0 Å². The highest BCUT2D eigenvalue weighted by Gasteiger charge is 2.37. The Morgan fingerprint density at radius 3 is 2.52 bits per heavy atom. The van der Waals surface area contributed by atoms with Gasteiger partial charge in [-0.25, -0.2) is 12.7 Å². The summed E-state index contributed by atoms with van der Waals surface area (Å²) in [5, 5.41) is 5.33. The number of benzene rings is 1. The average molecular weight is 388 g/mol. The van der Waals surface area contributed by atoms with Crippen molar-refractivity contribution in [1.82, 2.24) is 10.6 Å². The van der Waals surface area contributed by atoms with Crippen LogP contribution in [0, 0.1) is 0 Å². The number of halogens is 1. The summed E-state index contributed by atoms with van der Waals surface area (Å²) in [5.41, 5.74) is 0.170. The number of nitrogens with one attached hydrogen (secondary N) is 2. The van der Waals surface area contributed by atoms with Crippen molar-refractivity contribution in [2.45, 2.75) is 19.8 Å². The van der Waals surface area contributed by atoms with Gasteiger partial charge < -0.3 is 10.6 Å². The molecule has 0 bridgehead atoms. The van der Waals surface area contributed by atoms with Crippen LogP contribution in [0.3, 0.4) is 0 Å². The number of rotatable bonds is 6. The quantitative estimate of drug-likeness (QED) is 0.696. The maximum Gasteiger partial charge on any atom is 0.251 e. The lowest BCUT2D eigenvalue weighted by Crippen LogP contribution is -2.31. The van der Waals surface area contributed by atoms with E-state index in [4.69, 9.17) is 11.6 Å². The lowest BCUT2D eigenvalue weighted by atomic mass is 10.2. The first kappa shape index (κ1) is 19.2. The molecule has 0 atom stereocenters. The van der Waals surface area contributed by atoms with Crippen molar-refractivity contribution in [3.05, 3.63) is 28.8 Å².